The minimum absolute atomic E-state index is 0.481. The Morgan fingerprint density at radius 3 is 2.90 bits per heavy atom. The van der Waals surface area contributed by atoms with Crippen LogP contribution >= 0.6 is 28.1 Å². The molecule has 2 unspecified atom stereocenters. The second-order valence-corrected chi connectivity index (χ2v) is 7.57. The van der Waals surface area contributed by atoms with Gasteiger partial charge >= 0.3 is 0 Å². The number of piperidine rings is 2. The smallest absolute Gasteiger partial charge is 0.106 e. The highest BCUT2D eigenvalue weighted by atomic mass is 79.9. The molecule has 5 heteroatoms. The van der Waals surface area contributed by atoms with Crippen molar-refractivity contribution in [3.63, 3.8) is 0 Å². The van der Waals surface area contributed by atoms with Crippen LogP contribution < -0.4 is 10.6 Å². The van der Waals surface area contributed by atoms with Crippen LogP contribution in [-0.4, -0.2) is 42.6 Å². The molecule has 0 bridgehead atoms. The average molecular weight is 368 g/mol. The fraction of sp³-hybridized carbons (Fsp3) is 0.562. The third-order valence-electron chi connectivity index (χ3n) is 4.91. The predicted octanol–water partition coefficient (Wildman–Crippen LogP) is 3.00. The Kier molecular flexibility index (Phi) is 4.52. The zero-order valence-electron chi connectivity index (χ0n) is 12.4. The number of benzene rings is 1. The average Bonchev–Trinajstić information content (AvgIpc) is 2.47. The third kappa shape index (κ3) is 3.10. The summed E-state index contributed by atoms with van der Waals surface area (Å²) in [5.41, 5.74) is 8.10. The molecular formula is C16H22BrN3S. The molecule has 2 atom stereocenters. The maximum Gasteiger partial charge on any atom is 0.106 e. The first-order chi connectivity index (χ1) is 10.1. The Balaban J connectivity index is 1.84. The van der Waals surface area contributed by atoms with Gasteiger partial charge in [0.25, 0.3) is 0 Å². The van der Waals surface area contributed by atoms with E-state index >= 15 is 0 Å². The summed E-state index contributed by atoms with van der Waals surface area (Å²) < 4.78 is 1.03. The van der Waals surface area contributed by atoms with Crippen LogP contribution in [0.1, 0.15) is 24.8 Å². The zero-order chi connectivity index (χ0) is 15.0. The minimum Gasteiger partial charge on any atom is -0.389 e. The number of nitrogens with zero attached hydrogens (tertiary/aromatic N) is 2. The summed E-state index contributed by atoms with van der Waals surface area (Å²) in [5, 5.41) is 0. The van der Waals surface area contributed by atoms with Crippen LogP contribution in [0, 0.1) is 5.92 Å². The van der Waals surface area contributed by atoms with Crippen molar-refractivity contribution < 1.29 is 0 Å². The minimum atomic E-state index is 0.481. The lowest BCUT2D eigenvalue weighted by atomic mass is 9.84. The highest BCUT2D eigenvalue weighted by molar-refractivity contribution is 9.10. The lowest BCUT2D eigenvalue weighted by Gasteiger charge is -2.47. The Morgan fingerprint density at radius 1 is 1.33 bits per heavy atom. The molecule has 2 aliphatic rings. The number of anilines is 1. The normalized spacial score (nSPS) is 26.5. The van der Waals surface area contributed by atoms with Crippen molar-refractivity contribution >= 4 is 38.8 Å². The molecule has 2 aliphatic heterocycles. The van der Waals surface area contributed by atoms with Crippen molar-refractivity contribution in [2.75, 3.05) is 31.6 Å². The lowest BCUT2D eigenvalue weighted by Crippen LogP contribution is -2.53. The van der Waals surface area contributed by atoms with Crippen molar-refractivity contribution in [1.29, 1.82) is 0 Å². The first-order valence-corrected chi connectivity index (χ1v) is 8.81. The summed E-state index contributed by atoms with van der Waals surface area (Å²) in [6.07, 6.45) is 3.88. The predicted molar refractivity (Wildman–Crippen MR) is 96.0 cm³/mol. The van der Waals surface area contributed by atoms with Gasteiger partial charge in [0.05, 0.1) is 0 Å². The van der Waals surface area contributed by atoms with Crippen molar-refractivity contribution in [2.24, 2.45) is 11.7 Å². The summed E-state index contributed by atoms with van der Waals surface area (Å²) in [5.74, 6) is 0.764. The van der Waals surface area contributed by atoms with Gasteiger partial charge in [-0.15, -0.1) is 0 Å². The molecule has 0 aromatic heterocycles. The highest BCUT2D eigenvalue weighted by Gasteiger charge is 2.34. The molecule has 2 heterocycles. The summed E-state index contributed by atoms with van der Waals surface area (Å²) in [6.45, 7) is 3.45. The fourth-order valence-corrected chi connectivity index (χ4v) is 4.38. The second kappa shape index (κ2) is 6.23. The van der Waals surface area contributed by atoms with Gasteiger partial charge in [-0.25, -0.2) is 0 Å². The molecule has 0 aliphatic carbocycles. The van der Waals surface area contributed by atoms with Crippen LogP contribution in [0.2, 0.25) is 0 Å². The molecule has 0 spiro atoms. The van der Waals surface area contributed by atoms with Crippen molar-refractivity contribution in [3.8, 4) is 0 Å². The second-order valence-electron chi connectivity index (χ2n) is 6.21. The topological polar surface area (TPSA) is 32.5 Å². The van der Waals surface area contributed by atoms with Gasteiger partial charge in [-0.3, -0.25) is 0 Å². The SMILES string of the molecule is CN1CCCC2CN(c3ccc(Br)cc3C(N)=S)CCC21. The van der Waals surface area contributed by atoms with Crippen LogP contribution in [0.15, 0.2) is 22.7 Å². The van der Waals surface area contributed by atoms with E-state index in [4.69, 9.17) is 18.0 Å². The number of hydrogen-bond acceptors (Lipinski definition) is 3. The number of nitrogens with two attached hydrogens (primary N) is 1. The summed E-state index contributed by atoms with van der Waals surface area (Å²) in [4.78, 5) is 5.50. The first kappa shape index (κ1) is 15.3. The molecule has 2 N–H and O–H groups in total. The van der Waals surface area contributed by atoms with Gasteiger partial charge in [0.15, 0.2) is 0 Å². The molecule has 3 rings (SSSR count). The van der Waals surface area contributed by atoms with E-state index in [1.54, 1.807) is 0 Å². The fourth-order valence-electron chi connectivity index (χ4n) is 3.85. The van der Waals surface area contributed by atoms with Crippen molar-refractivity contribution in [2.45, 2.75) is 25.3 Å². The number of hydrogen-bond donors (Lipinski definition) is 1. The molecule has 0 amide bonds. The van der Waals surface area contributed by atoms with Crippen molar-refractivity contribution in [1.82, 2.24) is 4.90 Å². The number of thiocarbonyl (C=S) groups is 1. The van der Waals surface area contributed by atoms with Crippen molar-refractivity contribution in [3.05, 3.63) is 28.2 Å². The van der Waals surface area contributed by atoms with Crippen LogP contribution in [0.25, 0.3) is 0 Å². The number of likely N-dealkylation sites (tertiary alicyclic amines) is 1. The van der Waals surface area contributed by atoms with Gasteiger partial charge in [-0.1, -0.05) is 28.1 Å². The standard InChI is InChI=1S/C16H22BrN3S/c1-19-7-2-3-11-10-20(8-6-14(11)19)15-5-4-12(17)9-13(15)16(18)21/h4-5,9,11,14H,2-3,6-8,10H2,1H3,(H2,18,21). The summed E-state index contributed by atoms with van der Waals surface area (Å²) in [7, 11) is 2.27. The van der Waals surface area contributed by atoms with Crippen LogP contribution in [0.5, 0.6) is 0 Å². The molecule has 2 saturated heterocycles. The van der Waals surface area contributed by atoms with Gasteiger partial charge < -0.3 is 15.5 Å². The van der Waals surface area contributed by atoms with Gasteiger partial charge in [0, 0.05) is 34.9 Å². The van der Waals surface area contributed by atoms with Crippen LogP contribution in [-0.2, 0) is 0 Å². The highest BCUT2D eigenvalue weighted by Crippen LogP contribution is 2.34. The van der Waals surface area contributed by atoms with E-state index in [1.807, 2.05) is 6.07 Å². The van der Waals surface area contributed by atoms with E-state index in [-0.39, 0.29) is 0 Å². The monoisotopic (exact) mass is 367 g/mol. The van der Waals surface area contributed by atoms with E-state index < -0.39 is 0 Å². The molecule has 0 radical (unpaired) electrons. The van der Waals surface area contributed by atoms with E-state index in [0.717, 1.165) is 35.1 Å². The molecule has 2 fully saturated rings. The van der Waals surface area contributed by atoms with E-state index in [9.17, 15) is 0 Å². The van der Waals surface area contributed by atoms with Gasteiger partial charge in [-0.05, 0) is 57.0 Å². The first-order valence-electron chi connectivity index (χ1n) is 7.61. The number of halogens is 1. The molecule has 1 aromatic carbocycles. The molecule has 3 nitrogen and oxygen atoms in total. The molecule has 1 aromatic rings. The van der Waals surface area contributed by atoms with E-state index in [2.05, 4.69) is 44.9 Å². The third-order valence-corrected chi connectivity index (χ3v) is 5.62. The number of rotatable bonds is 2. The van der Waals surface area contributed by atoms with Gasteiger partial charge in [0.2, 0.25) is 0 Å². The molecule has 0 saturated carbocycles. The van der Waals surface area contributed by atoms with Gasteiger partial charge in [0.1, 0.15) is 4.99 Å². The van der Waals surface area contributed by atoms with Crippen LogP contribution in [0.3, 0.4) is 0 Å². The molecule has 114 valence electrons. The van der Waals surface area contributed by atoms with E-state index in [1.165, 1.54) is 31.5 Å². The Hall–Kier alpha value is -0.650. The largest absolute Gasteiger partial charge is 0.389 e. The Morgan fingerprint density at radius 2 is 2.14 bits per heavy atom. The van der Waals surface area contributed by atoms with Gasteiger partial charge in [-0.2, -0.15) is 0 Å². The zero-order valence-corrected chi connectivity index (χ0v) is 14.8. The van der Waals surface area contributed by atoms with E-state index in [0.29, 0.717) is 4.99 Å². The molecular weight excluding hydrogens is 346 g/mol. The molecule has 21 heavy (non-hydrogen) atoms. The maximum absolute atomic E-state index is 5.92. The Labute approximate surface area is 140 Å². The van der Waals surface area contributed by atoms with Crippen LogP contribution in [0.4, 0.5) is 5.69 Å². The lowest BCUT2D eigenvalue weighted by molar-refractivity contribution is 0.102. The summed E-state index contributed by atoms with van der Waals surface area (Å²) in [6, 6.07) is 7.01. The number of fused-ring (bicyclic) bond motifs is 1. The maximum atomic E-state index is 5.92. The Bertz CT molecular complexity index is 548. The quantitative estimate of drug-likeness (QED) is 0.814. The summed E-state index contributed by atoms with van der Waals surface area (Å²) >= 11 is 8.75.